The molecule has 2 aromatic rings. The van der Waals surface area contributed by atoms with Gasteiger partial charge in [0.2, 0.25) is 0 Å². The van der Waals surface area contributed by atoms with Crippen LogP contribution in [0.5, 0.6) is 0 Å². The summed E-state index contributed by atoms with van der Waals surface area (Å²) in [6, 6.07) is 13.5. The molecule has 1 unspecified atom stereocenters. The molecule has 0 aromatic heterocycles. The van der Waals surface area contributed by atoms with Crippen LogP contribution in [0.3, 0.4) is 0 Å². The van der Waals surface area contributed by atoms with Gasteiger partial charge in [-0.25, -0.2) is 4.39 Å². The van der Waals surface area contributed by atoms with Crippen LogP contribution in [-0.2, 0) is 5.54 Å². The van der Waals surface area contributed by atoms with Gasteiger partial charge in [0.25, 0.3) is 0 Å². The lowest BCUT2D eigenvalue weighted by molar-refractivity contribution is 0.561. The molecule has 1 aliphatic rings. The number of hydrogen-bond donors (Lipinski definition) is 2. The van der Waals surface area contributed by atoms with Gasteiger partial charge in [0.05, 0.1) is 21.4 Å². The summed E-state index contributed by atoms with van der Waals surface area (Å²) < 4.78 is 14.1. The minimum Gasteiger partial charge on any atom is -0.381 e. The van der Waals surface area contributed by atoms with E-state index in [0.717, 1.165) is 17.9 Å². The summed E-state index contributed by atoms with van der Waals surface area (Å²) >= 11 is 3.20. The molecule has 0 saturated carbocycles. The zero-order chi connectivity index (χ0) is 13.5. The predicted octanol–water partition coefficient (Wildman–Crippen LogP) is 4.34. The Labute approximate surface area is 120 Å². The first-order chi connectivity index (χ1) is 9.08. The predicted molar refractivity (Wildman–Crippen MR) is 80.0 cm³/mol. The van der Waals surface area contributed by atoms with Gasteiger partial charge in [0.15, 0.2) is 0 Å². The number of nitrogens with one attached hydrogen (secondary N) is 2. The van der Waals surface area contributed by atoms with Gasteiger partial charge < -0.3 is 10.6 Å². The van der Waals surface area contributed by atoms with E-state index < -0.39 is 0 Å². The summed E-state index contributed by atoms with van der Waals surface area (Å²) in [4.78, 5) is 0. The van der Waals surface area contributed by atoms with Crippen molar-refractivity contribution in [3.63, 3.8) is 0 Å². The van der Waals surface area contributed by atoms with Gasteiger partial charge in [-0.2, -0.15) is 0 Å². The quantitative estimate of drug-likeness (QED) is 0.816. The molecule has 0 spiro atoms. The van der Waals surface area contributed by atoms with Crippen LogP contribution in [0, 0.1) is 5.82 Å². The smallest absolute Gasteiger partial charge is 0.139 e. The van der Waals surface area contributed by atoms with E-state index >= 15 is 0 Å². The van der Waals surface area contributed by atoms with E-state index in [0.29, 0.717) is 4.47 Å². The molecule has 2 nitrogen and oxygen atoms in total. The summed E-state index contributed by atoms with van der Waals surface area (Å²) in [5.74, 6) is -0.259. The summed E-state index contributed by atoms with van der Waals surface area (Å²) in [7, 11) is 0. The highest BCUT2D eigenvalue weighted by Crippen LogP contribution is 2.37. The second-order valence-electron chi connectivity index (χ2n) is 4.99. The van der Waals surface area contributed by atoms with Crippen LogP contribution in [-0.4, -0.2) is 6.54 Å². The highest BCUT2D eigenvalue weighted by Gasteiger charge is 2.31. The third-order valence-electron chi connectivity index (χ3n) is 3.51. The van der Waals surface area contributed by atoms with Crippen molar-refractivity contribution in [3.05, 3.63) is 58.3 Å². The first-order valence-corrected chi connectivity index (χ1v) is 6.94. The summed E-state index contributed by atoms with van der Waals surface area (Å²) in [6.45, 7) is 2.86. The number of halogens is 2. The van der Waals surface area contributed by atoms with Crippen molar-refractivity contribution in [1.29, 1.82) is 0 Å². The minimum absolute atomic E-state index is 0.242. The van der Waals surface area contributed by atoms with E-state index in [-0.39, 0.29) is 11.4 Å². The van der Waals surface area contributed by atoms with Crippen LogP contribution in [0.25, 0.3) is 0 Å². The molecule has 1 heterocycles. The molecule has 2 N–H and O–H groups in total. The van der Waals surface area contributed by atoms with E-state index in [9.17, 15) is 4.39 Å². The number of fused-ring (bicyclic) bond motifs is 1. The first-order valence-electron chi connectivity index (χ1n) is 6.15. The lowest BCUT2D eigenvalue weighted by Gasteiger charge is -2.38. The molecular weight excluding hydrogens is 307 g/mol. The molecule has 0 radical (unpaired) electrons. The highest BCUT2D eigenvalue weighted by molar-refractivity contribution is 9.10. The van der Waals surface area contributed by atoms with E-state index in [1.54, 1.807) is 6.07 Å². The maximum Gasteiger partial charge on any atom is 0.139 e. The molecule has 0 saturated heterocycles. The fourth-order valence-electron chi connectivity index (χ4n) is 2.39. The fraction of sp³-hybridized carbons (Fsp3) is 0.200. The standard InChI is InChI=1S/C15H14BrFN2/c1-15(10-5-3-2-4-6-10)9-18-13-7-11(16)12(17)8-14(13)19-15/h2-8,18-19H,9H2,1H3. The van der Waals surface area contributed by atoms with E-state index in [1.165, 1.54) is 11.6 Å². The van der Waals surface area contributed by atoms with Gasteiger partial charge in [-0.3, -0.25) is 0 Å². The van der Waals surface area contributed by atoms with E-state index in [1.807, 2.05) is 18.2 Å². The summed E-state index contributed by atoms with van der Waals surface area (Å²) in [5.41, 5.74) is 2.64. The Morgan fingerprint density at radius 3 is 2.63 bits per heavy atom. The molecule has 0 bridgehead atoms. The third-order valence-corrected chi connectivity index (χ3v) is 4.12. The monoisotopic (exact) mass is 320 g/mol. The van der Waals surface area contributed by atoms with E-state index in [2.05, 4.69) is 45.6 Å². The van der Waals surface area contributed by atoms with Gasteiger partial charge >= 0.3 is 0 Å². The van der Waals surface area contributed by atoms with Crippen LogP contribution >= 0.6 is 15.9 Å². The number of anilines is 2. The van der Waals surface area contributed by atoms with Crippen LogP contribution in [0.4, 0.5) is 15.8 Å². The molecule has 3 rings (SSSR count). The van der Waals surface area contributed by atoms with Gasteiger partial charge in [-0.15, -0.1) is 0 Å². The van der Waals surface area contributed by atoms with Gasteiger partial charge in [-0.05, 0) is 34.5 Å². The maximum atomic E-state index is 13.6. The Bertz CT molecular complexity index is 615. The summed E-state index contributed by atoms with van der Waals surface area (Å²) in [6.07, 6.45) is 0. The molecule has 19 heavy (non-hydrogen) atoms. The third kappa shape index (κ3) is 2.21. The fourth-order valence-corrected chi connectivity index (χ4v) is 2.73. The van der Waals surface area contributed by atoms with Crippen molar-refractivity contribution in [2.75, 3.05) is 17.2 Å². The lowest BCUT2D eigenvalue weighted by atomic mass is 9.89. The SMILES string of the molecule is CC1(c2ccccc2)CNc2cc(Br)c(F)cc2N1. The Kier molecular flexibility index (Phi) is 2.97. The average molecular weight is 321 g/mol. The first kappa shape index (κ1) is 12.5. The van der Waals surface area contributed by atoms with Crippen LogP contribution in [0.1, 0.15) is 12.5 Å². The van der Waals surface area contributed by atoms with Crippen molar-refractivity contribution in [2.24, 2.45) is 0 Å². The Balaban J connectivity index is 2.00. The molecule has 0 aliphatic carbocycles. The van der Waals surface area contributed by atoms with Gasteiger partial charge in [-0.1, -0.05) is 30.3 Å². The van der Waals surface area contributed by atoms with Crippen LogP contribution in [0.2, 0.25) is 0 Å². The topological polar surface area (TPSA) is 24.1 Å². The van der Waals surface area contributed by atoms with Crippen LogP contribution < -0.4 is 10.6 Å². The number of rotatable bonds is 1. The zero-order valence-electron chi connectivity index (χ0n) is 10.5. The van der Waals surface area contributed by atoms with Crippen molar-refractivity contribution in [3.8, 4) is 0 Å². The van der Waals surface area contributed by atoms with E-state index in [4.69, 9.17) is 0 Å². The molecule has 0 amide bonds. The van der Waals surface area contributed by atoms with Crippen molar-refractivity contribution >= 4 is 27.3 Å². The summed E-state index contributed by atoms with van der Waals surface area (Å²) in [5, 5.41) is 6.79. The van der Waals surface area contributed by atoms with Gasteiger partial charge in [0, 0.05) is 12.6 Å². The molecule has 1 atom stereocenters. The van der Waals surface area contributed by atoms with Crippen molar-refractivity contribution in [2.45, 2.75) is 12.5 Å². The zero-order valence-corrected chi connectivity index (χ0v) is 12.1. The van der Waals surface area contributed by atoms with Gasteiger partial charge in [0.1, 0.15) is 5.82 Å². The number of benzene rings is 2. The minimum atomic E-state index is -0.259. The Hall–Kier alpha value is -1.55. The molecule has 2 aromatic carbocycles. The molecule has 98 valence electrons. The maximum absolute atomic E-state index is 13.6. The normalized spacial score (nSPS) is 21.2. The Morgan fingerprint density at radius 1 is 1.16 bits per heavy atom. The second-order valence-corrected chi connectivity index (χ2v) is 5.84. The van der Waals surface area contributed by atoms with Crippen LogP contribution in [0.15, 0.2) is 46.9 Å². The number of hydrogen-bond acceptors (Lipinski definition) is 2. The van der Waals surface area contributed by atoms with Crippen molar-refractivity contribution < 1.29 is 4.39 Å². The van der Waals surface area contributed by atoms with Crippen molar-refractivity contribution in [1.82, 2.24) is 0 Å². The second kappa shape index (κ2) is 4.53. The molecule has 0 fully saturated rings. The molecule has 4 heteroatoms. The average Bonchev–Trinajstić information content (AvgIpc) is 2.42. The molecule has 1 aliphatic heterocycles. The largest absolute Gasteiger partial charge is 0.381 e. The lowest BCUT2D eigenvalue weighted by Crippen LogP contribution is -2.42. The highest BCUT2D eigenvalue weighted by atomic mass is 79.9. The Morgan fingerprint density at radius 2 is 1.89 bits per heavy atom. The molecular formula is C15H14BrFN2.